The zero-order valence-corrected chi connectivity index (χ0v) is 12.5. The van der Waals surface area contributed by atoms with E-state index in [4.69, 9.17) is 9.47 Å². The molecule has 0 unspecified atom stereocenters. The van der Waals surface area contributed by atoms with Gasteiger partial charge in [0, 0.05) is 5.75 Å². The van der Waals surface area contributed by atoms with Crippen molar-refractivity contribution < 1.29 is 18.7 Å². The van der Waals surface area contributed by atoms with E-state index in [9.17, 15) is 9.18 Å². The van der Waals surface area contributed by atoms with Gasteiger partial charge in [0.15, 0.2) is 5.82 Å². The fraction of sp³-hybridized carbons (Fsp3) is 0.308. The van der Waals surface area contributed by atoms with Gasteiger partial charge in [0.1, 0.15) is 18.2 Å². The van der Waals surface area contributed by atoms with Crippen molar-refractivity contribution in [1.82, 2.24) is 14.9 Å². The number of carbonyl (C=O) groups is 1. The van der Waals surface area contributed by atoms with Crippen LogP contribution in [0.3, 0.4) is 0 Å². The molecule has 0 aliphatic carbocycles. The average Bonchev–Trinajstić information content (AvgIpc) is 2.97. The van der Waals surface area contributed by atoms with Crippen LogP contribution in [0.15, 0.2) is 29.4 Å². The van der Waals surface area contributed by atoms with Gasteiger partial charge >= 0.3 is 6.09 Å². The molecule has 116 valence electrons. The first-order chi connectivity index (χ1) is 10.7. The van der Waals surface area contributed by atoms with Crippen molar-refractivity contribution in [3.63, 3.8) is 0 Å². The van der Waals surface area contributed by atoms with Crippen molar-refractivity contribution in [3.05, 3.63) is 35.9 Å². The lowest BCUT2D eigenvalue weighted by molar-refractivity contribution is 0.169. The van der Waals surface area contributed by atoms with Crippen LogP contribution in [0.5, 0.6) is 5.75 Å². The summed E-state index contributed by atoms with van der Waals surface area (Å²) in [6, 6.07) is 5.67. The standard InChI is InChI=1S/C13H13FN4O3S/c1-20-13(19)17-6-7-22-12-16-15-11(18(12)17)8-21-10-4-2-9(14)3-5-10/h2-5H,6-8H2,1H3. The topological polar surface area (TPSA) is 69.5 Å². The van der Waals surface area contributed by atoms with E-state index in [2.05, 4.69) is 10.2 Å². The van der Waals surface area contributed by atoms with Crippen molar-refractivity contribution in [2.24, 2.45) is 0 Å². The molecule has 7 nitrogen and oxygen atoms in total. The van der Waals surface area contributed by atoms with E-state index in [1.165, 1.54) is 48.1 Å². The van der Waals surface area contributed by atoms with E-state index < -0.39 is 6.09 Å². The lowest BCUT2D eigenvalue weighted by Gasteiger charge is -2.27. The Morgan fingerprint density at radius 3 is 2.86 bits per heavy atom. The van der Waals surface area contributed by atoms with Gasteiger partial charge in [-0.1, -0.05) is 11.8 Å². The number of hydrogen-bond donors (Lipinski definition) is 0. The second kappa shape index (κ2) is 6.22. The summed E-state index contributed by atoms with van der Waals surface area (Å²) in [7, 11) is 1.32. The summed E-state index contributed by atoms with van der Waals surface area (Å²) in [4.78, 5) is 11.8. The number of benzene rings is 1. The summed E-state index contributed by atoms with van der Waals surface area (Å²) in [5, 5.41) is 10.1. The molecule has 2 aromatic rings. The maximum atomic E-state index is 12.9. The quantitative estimate of drug-likeness (QED) is 0.857. The largest absolute Gasteiger partial charge is 0.486 e. The number of rotatable bonds is 3. The van der Waals surface area contributed by atoms with Crippen molar-refractivity contribution in [3.8, 4) is 5.75 Å². The van der Waals surface area contributed by atoms with E-state index in [1.807, 2.05) is 0 Å². The average molecular weight is 324 g/mol. The number of halogens is 1. The first-order valence-corrected chi connectivity index (χ1v) is 7.49. The van der Waals surface area contributed by atoms with Crippen LogP contribution >= 0.6 is 11.8 Å². The van der Waals surface area contributed by atoms with Gasteiger partial charge in [-0.2, -0.15) is 0 Å². The minimum Gasteiger partial charge on any atom is -0.486 e. The summed E-state index contributed by atoms with van der Waals surface area (Å²) in [6.07, 6.45) is -0.482. The second-order valence-corrected chi connectivity index (χ2v) is 5.46. The first-order valence-electron chi connectivity index (χ1n) is 6.50. The smallest absolute Gasteiger partial charge is 0.428 e. The van der Waals surface area contributed by atoms with E-state index in [1.54, 1.807) is 4.68 Å². The monoisotopic (exact) mass is 324 g/mol. The van der Waals surface area contributed by atoms with Crippen LogP contribution in [0.25, 0.3) is 0 Å². The molecule has 0 bridgehead atoms. The third kappa shape index (κ3) is 2.84. The van der Waals surface area contributed by atoms with Crippen LogP contribution in [0, 0.1) is 5.82 Å². The van der Waals surface area contributed by atoms with Gasteiger partial charge in [-0.05, 0) is 24.3 Å². The van der Waals surface area contributed by atoms with Crippen LogP contribution in [0.1, 0.15) is 5.82 Å². The molecule has 1 aromatic heterocycles. The number of carbonyl (C=O) groups excluding carboxylic acids is 1. The molecular formula is C13H13FN4O3S. The normalized spacial score (nSPS) is 13.6. The molecular weight excluding hydrogens is 311 g/mol. The minimum absolute atomic E-state index is 0.104. The fourth-order valence-corrected chi connectivity index (χ4v) is 2.87. The Kier molecular flexibility index (Phi) is 4.14. The number of fused-ring (bicyclic) bond motifs is 1. The highest BCUT2D eigenvalue weighted by Crippen LogP contribution is 2.23. The minimum atomic E-state index is -0.482. The third-order valence-electron chi connectivity index (χ3n) is 3.02. The van der Waals surface area contributed by atoms with Crippen LogP contribution in [-0.4, -0.2) is 40.4 Å². The van der Waals surface area contributed by atoms with Gasteiger partial charge in [0.2, 0.25) is 5.16 Å². The summed E-state index contributed by atoms with van der Waals surface area (Å²) in [5.41, 5.74) is 0. The Balaban J connectivity index is 1.79. The number of hydrogen-bond acceptors (Lipinski definition) is 6. The molecule has 1 amide bonds. The number of nitrogens with zero attached hydrogens (tertiary/aromatic N) is 4. The first kappa shape index (κ1) is 14.6. The number of aromatic nitrogens is 3. The molecule has 0 radical (unpaired) electrons. The maximum Gasteiger partial charge on any atom is 0.428 e. The van der Waals surface area contributed by atoms with E-state index in [-0.39, 0.29) is 12.4 Å². The molecule has 3 rings (SSSR count). The molecule has 0 fully saturated rings. The number of thioether (sulfide) groups is 1. The molecule has 22 heavy (non-hydrogen) atoms. The Hall–Kier alpha value is -2.29. The molecule has 1 aliphatic rings. The predicted molar refractivity (Wildman–Crippen MR) is 77.0 cm³/mol. The fourth-order valence-electron chi connectivity index (χ4n) is 2.00. The highest BCUT2D eigenvalue weighted by atomic mass is 32.2. The maximum absolute atomic E-state index is 12.9. The third-order valence-corrected chi connectivity index (χ3v) is 3.92. The molecule has 2 heterocycles. The molecule has 1 aromatic carbocycles. The lowest BCUT2D eigenvalue weighted by atomic mass is 10.3. The predicted octanol–water partition coefficient (Wildman–Crippen LogP) is 1.81. The Morgan fingerprint density at radius 1 is 1.36 bits per heavy atom. The van der Waals surface area contributed by atoms with E-state index in [0.29, 0.717) is 29.0 Å². The summed E-state index contributed by atoms with van der Waals surface area (Å²) >= 11 is 1.50. The molecule has 0 saturated heterocycles. The highest BCUT2D eigenvalue weighted by molar-refractivity contribution is 7.99. The number of methoxy groups -OCH3 is 1. The van der Waals surface area contributed by atoms with Gasteiger partial charge in [0.25, 0.3) is 0 Å². The Labute approximate surface area is 130 Å². The van der Waals surface area contributed by atoms with Crippen molar-refractivity contribution in [2.45, 2.75) is 11.8 Å². The van der Waals surface area contributed by atoms with Crippen molar-refractivity contribution >= 4 is 17.9 Å². The van der Waals surface area contributed by atoms with Crippen molar-refractivity contribution in [2.75, 3.05) is 24.4 Å². The van der Waals surface area contributed by atoms with Crippen molar-refractivity contribution in [1.29, 1.82) is 0 Å². The zero-order valence-electron chi connectivity index (χ0n) is 11.7. The molecule has 0 N–H and O–H groups in total. The van der Waals surface area contributed by atoms with Gasteiger partial charge < -0.3 is 9.47 Å². The molecule has 9 heteroatoms. The van der Waals surface area contributed by atoms with Gasteiger partial charge in [-0.25, -0.2) is 18.9 Å². The number of ether oxygens (including phenoxy) is 2. The Bertz CT molecular complexity index is 676. The second-order valence-electron chi connectivity index (χ2n) is 4.39. The Morgan fingerprint density at radius 2 is 2.14 bits per heavy atom. The van der Waals surface area contributed by atoms with Gasteiger partial charge in [-0.15, -0.1) is 10.2 Å². The van der Waals surface area contributed by atoms with Gasteiger partial charge in [-0.3, -0.25) is 0 Å². The van der Waals surface area contributed by atoms with E-state index in [0.717, 1.165) is 0 Å². The lowest BCUT2D eigenvalue weighted by Crippen LogP contribution is -2.45. The summed E-state index contributed by atoms with van der Waals surface area (Å²) in [5.74, 6) is 1.36. The molecule has 0 saturated carbocycles. The van der Waals surface area contributed by atoms with Crippen LogP contribution in [-0.2, 0) is 11.3 Å². The van der Waals surface area contributed by atoms with Crippen LogP contribution < -0.4 is 9.75 Å². The van der Waals surface area contributed by atoms with Gasteiger partial charge in [0.05, 0.1) is 13.7 Å². The molecule has 1 aliphatic heterocycles. The number of amides is 1. The zero-order chi connectivity index (χ0) is 15.5. The highest BCUT2D eigenvalue weighted by Gasteiger charge is 2.28. The van der Waals surface area contributed by atoms with Crippen LogP contribution in [0.2, 0.25) is 0 Å². The van der Waals surface area contributed by atoms with Crippen LogP contribution in [0.4, 0.5) is 9.18 Å². The summed E-state index contributed by atoms with van der Waals surface area (Å²) in [6.45, 7) is 0.596. The SMILES string of the molecule is COC(=O)N1CCSc2nnc(COc3ccc(F)cc3)n21. The van der Waals surface area contributed by atoms with E-state index >= 15 is 0 Å². The molecule has 0 spiro atoms. The summed E-state index contributed by atoms with van der Waals surface area (Å²) < 4.78 is 24.8. The molecule has 0 atom stereocenters.